The third-order valence-electron chi connectivity index (χ3n) is 6.05. The van der Waals surface area contributed by atoms with Crippen molar-refractivity contribution in [3.63, 3.8) is 0 Å². The second-order valence-corrected chi connectivity index (χ2v) is 9.46. The third kappa shape index (κ3) is 3.66. The predicted octanol–water partition coefficient (Wildman–Crippen LogP) is 4.67. The van der Waals surface area contributed by atoms with E-state index < -0.39 is 23.9 Å². The highest BCUT2D eigenvalue weighted by molar-refractivity contribution is 9.10. The van der Waals surface area contributed by atoms with Crippen molar-refractivity contribution in [2.75, 3.05) is 4.90 Å². The Balaban J connectivity index is 1.60. The Morgan fingerprint density at radius 1 is 0.970 bits per heavy atom. The summed E-state index contributed by atoms with van der Waals surface area (Å²) in [5, 5.41) is 1.59. The lowest BCUT2D eigenvalue weighted by Crippen LogP contribution is -2.48. The van der Waals surface area contributed by atoms with Gasteiger partial charge < -0.3 is 0 Å². The van der Waals surface area contributed by atoms with Crippen molar-refractivity contribution < 1.29 is 14.4 Å². The molecule has 2 aliphatic heterocycles. The molecular formula is C25H19BrClN3O3. The van der Waals surface area contributed by atoms with Crippen molar-refractivity contribution in [2.24, 2.45) is 5.92 Å². The number of hydrogen-bond donors (Lipinski definition) is 1. The molecule has 0 spiro atoms. The molecular weight excluding hydrogens is 506 g/mol. The van der Waals surface area contributed by atoms with E-state index in [-0.39, 0.29) is 11.8 Å². The molecule has 3 unspecified atom stereocenters. The van der Waals surface area contributed by atoms with Gasteiger partial charge in [0.15, 0.2) is 0 Å². The van der Waals surface area contributed by atoms with E-state index in [0.29, 0.717) is 16.3 Å². The minimum atomic E-state index is -0.994. The fourth-order valence-electron chi connectivity index (χ4n) is 4.46. The van der Waals surface area contributed by atoms with Crippen molar-refractivity contribution in [1.29, 1.82) is 0 Å². The first-order chi connectivity index (χ1) is 15.9. The number of amides is 3. The lowest BCUT2D eigenvalue weighted by Gasteiger charge is -2.25. The smallest absolute Gasteiger partial charge is 0.268 e. The van der Waals surface area contributed by atoms with Crippen LogP contribution in [-0.2, 0) is 9.59 Å². The van der Waals surface area contributed by atoms with E-state index in [1.54, 1.807) is 42.5 Å². The second kappa shape index (κ2) is 8.41. The fraction of sp³-hybridized carbons (Fsp3) is 0.160. The Kier molecular flexibility index (Phi) is 5.56. The molecule has 3 aromatic carbocycles. The van der Waals surface area contributed by atoms with E-state index in [1.165, 1.54) is 5.01 Å². The summed E-state index contributed by atoms with van der Waals surface area (Å²) in [5.74, 6) is -2.04. The van der Waals surface area contributed by atoms with Crippen LogP contribution in [0.3, 0.4) is 0 Å². The van der Waals surface area contributed by atoms with Gasteiger partial charge in [-0.15, -0.1) is 0 Å². The maximum absolute atomic E-state index is 13.6. The van der Waals surface area contributed by atoms with Crippen LogP contribution in [0, 0.1) is 12.8 Å². The van der Waals surface area contributed by atoms with Crippen LogP contribution >= 0.6 is 27.5 Å². The van der Waals surface area contributed by atoms with Gasteiger partial charge in [0, 0.05) is 10.0 Å². The molecule has 2 fully saturated rings. The number of para-hydroxylation sites is 1. The number of carbonyl (C=O) groups is 3. The fourth-order valence-corrected chi connectivity index (χ4v) is 5.08. The Morgan fingerprint density at radius 2 is 1.70 bits per heavy atom. The van der Waals surface area contributed by atoms with Crippen molar-refractivity contribution >= 4 is 50.9 Å². The summed E-state index contributed by atoms with van der Waals surface area (Å²) in [4.78, 5) is 41.8. The van der Waals surface area contributed by atoms with Gasteiger partial charge in [-0.3, -0.25) is 19.4 Å². The van der Waals surface area contributed by atoms with Gasteiger partial charge in [0.05, 0.1) is 22.7 Å². The van der Waals surface area contributed by atoms with E-state index in [1.807, 2.05) is 37.3 Å². The lowest BCUT2D eigenvalue weighted by molar-refractivity contribution is -0.123. The van der Waals surface area contributed by atoms with Crippen LogP contribution < -0.4 is 10.3 Å². The summed E-state index contributed by atoms with van der Waals surface area (Å²) in [6.07, 6.45) is 0. The van der Waals surface area contributed by atoms with Gasteiger partial charge in [-0.1, -0.05) is 75.6 Å². The number of anilines is 1. The van der Waals surface area contributed by atoms with E-state index in [9.17, 15) is 14.4 Å². The van der Waals surface area contributed by atoms with Gasteiger partial charge in [0.25, 0.3) is 11.8 Å². The number of hydrazine groups is 1. The number of rotatable bonds is 3. The number of aryl methyl sites for hydroxylation is 1. The van der Waals surface area contributed by atoms with Gasteiger partial charge in [-0.05, 0) is 42.8 Å². The third-order valence-corrected chi connectivity index (χ3v) is 6.87. The van der Waals surface area contributed by atoms with E-state index in [2.05, 4.69) is 21.4 Å². The van der Waals surface area contributed by atoms with Gasteiger partial charge in [0.2, 0.25) is 5.91 Å². The zero-order valence-electron chi connectivity index (χ0n) is 17.5. The van der Waals surface area contributed by atoms with E-state index in [4.69, 9.17) is 11.6 Å². The summed E-state index contributed by atoms with van der Waals surface area (Å²) in [5.41, 5.74) is 5.77. The highest BCUT2D eigenvalue weighted by atomic mass is 79.9. The maximum Gasteiger partial charge on any atom is 0.268 e. The molecule has 3 atom stereocenters. The van der Waals surface area contributed by atoms with Crippen molar-refractivity contribution in [2.45, 2.75) is 19.0 Å². The van der Waals surface area contributed by atoms with Crippen molar-refractivity contribution in [1.82, 2.24) is 10.4 Å². The molecule has 3 aromatic rings. The first-order valence-corrected chi connectivity index (χ1v) is 11.6. The minimum Gasteiger partial charge on any atom is -0.274 e. The maximum atomic E-state index is 13.6. The van der Waals surface area contributed by atoms with E-state index in [0.717, 1.165) is 20.5 Å². The highest BCUT2D eigenvalue weighted by Gasteiger charge is 2.60. The second-order valence-electron chi connectivity index (χ2n) is 8.14. The number of hydrogen-bond acceptors (Lipinski definition) is 4. The monoisotopic (exact) mass is 523 g/mol. The first-order valence-electron chi connectivity index (χ1n) is 10.4. The summed E-state index contributed by atoms with van der Waals surface area (Å²) < 4.78 is 0.741. The van der Waals surface area contributed by atoms with Gasteiger partial charge in [-0.2, -0.15) is 0 Å². The molecule has 0 aliphatic carbocycles. The molecule has 0 saturated carbocycles. The molecule has 8 heteroatoms. The van der Waals surface area contributed by atoms with Crippen LogP contribution in [0.2, 0.25) is 5.02 Å². The highest BCUT2D eigenvalue weighted by Crippen LogP contribution is 2.43. The van der Waals surface area contributed by atoms with Crippen LogP contribution in [-0.4, -0.2) is 28.8 Å². The molecule has 166 valence electrons. The molecule has 0 bridgehead atoms. The Morgan fingerprint density at radius 3 is 2.39 bits per heavy atom. The van der Waals surface area contributed by atoms with E-state index >= 15 is 0 Å². The number of nitrogens with one attached hydrogen (secondary N) is 1. The number of benzene rings is 3. The molecule has 0 radical (unpaired) electrons. The van der Waals surface area contributed by atoms with Crippen molar-refractivity contribution in [3.05, 3.63) is 99.0 Å². The zero-order chi connectivity index (χ0) is 23.3. The summed E-state index contributed by atoms with van der Waals surface area (Å²) in [6, 6.07) is 19.8. The molecule has 2 aliphatic rings. The number of carbonyl (C=O) groups excluding carboxylic acids is 3. The average Bonchev–Trinajstić information content (AvgIpc) is 3.31. The molecule has 1 N–H and O–H groups in total. The Bertz CT molecular complexity index is 1280. The molecule has 2 heterocycles. The Labute approximate surface area is 204 Å². The molecule has 5 rings (SSSR count). The van der Waals surface area contributed by atoms with Gasteiger partial charge in [-0.25, -0.2) is 10.3 Å². The molecule has 2 saturated heterocycles. The van der Waals surface area contributed by atoms with Crippen LogP contribution in [0.25, 0.3) is 0 Å². The van der Waals surface area contributed by atoms with Crippen LogP contribution in [0.1, 0.15) is 27.5 Å². The number of imide groups is 1. The predicted molar refractivity (Wildman–Crippen MR) is 129 cm³/mol. The molecule has 3 amide bonds. The SMILES string of the molecule is Cc1ccc(C2NN(C(=O)c3cccc(Br)c3)C3C(=O)N(c4ccccc4Cl)C(=O)C23)cc1. The number of fused-ring (bicyclic) bond motifs is 1. The molecule has 6 nitrogen and oxygen atoms in total. The number of nitrogens with zero attached hydrogens (tertiary/aromatic N) is 2. The average molecular weight is 525 g/mol. The minimum absolute atomic E-state index is 0.295. The van der Waals surface area contributed by atoms with Crippen LogP contribution in [0.4, 0.5) is 5.69 Å². The topological polar surface area (TPSA) is 69.7 Å². The number of halogens is 2. The summed E-state index contributed by atoms with van der Waals surface area (Å²) in [6.45, 7) is 1.97. The normalized spacial score (nSPS) is 22.1. The standard InChI is InChI=1S/C25H19BrClN3O3/c1-14-9-11-15(12-10-14)21-20-22(30(28-21)23(31)16-5-4-6-17(26)13-16)25(33)29(24(20)32)19-8-3-2-7-18(19)27/h2-13,20-22,28H,1H3. The summed E-state index contributed by atoms with van der Waals surface area (Å²) >= 11 is 9.71. The summed E-state index contributed by atoms with van der Waals surface area (Å²) in [7, 11) is 0. The lowest BCUT2D eigenvalue weighted by atomic mass is 9.90. The van der Waals surface area contributed by atoms with Crippen LogP contribution in [0.15, 0.2) is 77.3 Å². The molecule has 0 aromatic heterocycles. The largest absolute Gasteiger partial charge is 0.274 e. The van der Waals surface area contributed by atoms with Crippen LogP contribution in [0.5, 0.6) is 0 Å². The van der Waals surface area contributed by atoms with Gasteiger partial charge >= 0.3 is 0 Å². The van der Waals surface area contributed by atoms with Gasteiger partial charge in [0.1, 0.15) is 6.04 Å². The van der Waals surface area contributed by atoms with Crippen molar-refractivity contribution in [3.8, 4) is 0 Å². The first kappa shape index (κ1) is 21.8. The molecule has 33 heavy (non-hydrogen) atoms. The Hall–Kier alpha value is -3.00. The zero-order valence-corrected chi connectivity index (χ0v) is 19.9. The quantitative estimate of drug-likeness (QED) is 0.506.